The van der Waals surface area contributed by atoms with Crippen molar-refractivity contribution in [1.29, 1.82) is 0 Å². The summed E-state index contributed by atoms with van der Waals surface area (Å²) in [6.45, 7) is 0. The standard InChI is InChI=1S/C12H10FNO3/c1-16-8-4-5-9(13)10(7-8)14-12(15)11-3-2-6-17-11/h2-7H,1H3,(H,14,15). The summed E-state index contributed by atoms with van der Waals surface area (Å²) in [6.07, 6.45) is 1.37. The average Bonchev–Trinajstić information content (AvgIpc) is 2.85. The van der Waals surface area contributed by atoms with E-state index in [1.165, 1.54) is 37.6 Å². The van der Waals surface area contributed by atoms with Crippen LogP contribution in [0.25, 0.3) is 0 Å². The third-order valence-electron chi connectivity index (χ3n) is 2.17. The highest BCUT2D eigenvalue weighted by Crippen LogP contribution is 2.21. The first kappa shape index (κ1) is 11.2. The van der Waals surface area contributed by atoms with Gasteiger partial charge in [0.05, 0.1) is 19.1 Å². The minimum Gasteiger partial charge on any atom is -0.497 e. The predicted octanol–water partition coefficient (Wildman–Crippen LogP) is 2.68. The molecule has 1 aromatic heterocycles. The number of hydrogen-bond acceptors (Lipinski definition) is 3. The molecule has 0 aliphatic carbocycles. The van der Waals surface area contributed by atoms with Crippen LogP contribution in [0.2, 0.25) is 0 Å². The van der Waals surface area contributed by atoms with Crippen molar-refractivity contribution in [2.45, 2.75) is 0 Å². The molecule has 0 radical (unpaired) electrons. The fourth-order valence-corrected chi connectivity index (χ4v) is 1.32. The van der Waals surface area contributed by atoms with E-state index < -0.39 is 11.7 Å². The Morgan fingerprint density at radius 3 is 2.88 bits per heavy atom. The van der Waals surface area contributed by atoms with Gasteiger partial charge in [-0.3, -0.25) is 4.79 Å². The second kappa shape index (κ2) is 4.69. The quantitative estimate of drug-likeness (QED) is 0.889. The number of furan rings is 1. The van der Waals surface area contributed by atoms with Gasteiger partial charge in [0.15, 0.2) is 5.76 Å². The number of amides is 1. The van der Waals surface area contributed by atoms with E-state index in [9.17, 15) is 9.18 Å². The van der Waals surface area contributed by atoms with Crippen LogP contribution in [0.3, 0.4) is 0 Å². The van der Waals surface area contributed by atoms with Gasteiger partial charge in [-0.15, -0.1) is 0 Å². The molecule has 0 saturated heterocycles. The summed E-state index contributed by atoms with van der Waals surface area (Å²) in [5.74, 6) is -0.471. The van der Waals surface area contributed by atoms with Gasteiger partial charge in [0.1, 0.15) is 11.6 Å². The Hall–Kier alpha value is -2.30. The van der Waals surface area contributed by atoms with E-state index in [0.29, 0.717) is 5.75 Å². The van der Waals surface area contributed by atoms with Gasteiger partial charge in [0.2, 0.25) is 0 Å². The van der Waals surface area contributed by atoms with Gasteiger partial charge >= 0.3 is 0 Å². The van der Waals surface area contributed by atoms with E-state index in [0.717, 1.165) is 0 Å². The number of anilines is 1. The summed E-state index contributed by atoms with van der Waals surface area (Å²) in [5, 5.41) is 2.40. The summed E-state index contributed by atoms with van der Waals surface area (Å²) in [5.41, 5.74) is 0.0470. The number of carbonyl (C=O) groups excluding carboxylic acids is 1. The SMILES string of the molecule is COc1ccc(F)c(NC(=O)c2ccco2)c1. The van der Waals surface area contributed by atoms with Crippen LogP contribution in [0.15, 0.2) is 41.0 Å². The average molecular weight is 235 g/mol. The fraction of sp³-hybridized carbons (Fsp3) is 0.0833. The highest BCUT2D eigenvalue weighted by atomic mass is 19.1. The molecule has 0 aliphatic rings. The zero-order chi connectivity index (χ0) is 12.3. The summed E-state index contributed by atoms with van der Waals surface area (Å²) in [4.78, 5) is 11.6. The van der Waals surface area contributed by atoms with Crippen molar-refractivity contribution in [2.75, 3.05) is 12.4 Å². The number of carbonyl (C=O) groups is 1. The second-order valence-corrected chi connectivity index (χ2v) is 3.28. The van der Waals surface area contributed by atoms with Crippen molar-refractivity contribution < 1.29 is 18.3 Å². The minimum atomic E-state index is -0.536. The van der Waals surface area contributed by atoms with Crippen LogP contribution >= 0.6 is 0 Å². The Bertz CT molecular complexity index is 523. The van der Waals surface area contributed by atoms with Crippen LogP contribution in [0.4, 0.5) is 10.1 Å². The van der Waals surface area contributed by atoms with Crippen LogP contribution in [0.5, 0.6) is 5.75 Å². The highest BCUT2D eigenvalue weighted by Gasteiger charge is 2.12. The molecule has 0 saturated carbocycles. The molecule has 0 spiro atoms. The topological polar surface area (TPSA) is 51.5 Å². The van der Waals surface area contributed by atoms with Gasteiger partial charge in [-0.1, -0.05) is 0 Å². The molecule has 4 nitrogen and oxygen atoms in total. The van der Waals surface area contributed by atoms with Gasteiger partial charge in [0.25, 0.3) is 5.91 Å². The number of benzene rings is 1. The molecule has 5 heteroatoms. The Morgan fingerprint density at radius 1 is 1.41 bits per heavy atom. The first-order valence-corrected chi connectivity index (χ1v) is 4.89. The first-order valence-electron chi connectivity index (χ1n) is 4.89. The summed E-state index contributed by atoms with van der Waals surface area (Å²) in [6, 6.07) is 7.16. The molecule has 0 fully saturated rings. The Morgan fingerprint density at radius 2 is 2.24 bits per heavy atom. The molecule has 2 rings (SSSR count). The van der Waals surface area contributed by atoms with E-state index in [1.54, 1.807) is 6.07 Å². The van der Waals surface area contributed by atoms with Crippen molar-refractivity contribution in [3.8, 4) is 5.75 Å². The van der Waals surface area contributed by atoms with Gasteiger partial charge < -0.3 is 14.5 Å². The molecule has 1 amide bonds. The monoisotopic (exact) mass is 235 g/mol. The van der Waals surface area contributed by atoms with Crippen LogP contribution in [-0.2, 0) is 0 Å². The second-order valence-electron chi connectivity index (χ2n) is 3.28. The minimum absolute atomic E-state index is 0.0470. The largest absolute Gasteiger partial charge is 0.497 e. The van der Waals surface area contributed by atoms with Gasteiger partial charge in [-0.25, -0.2) is 4.39 Å². The van der Waals surface area contributed by atoms with Crippen LogP contribution in [0.1, 0.15) is 10.6 Å². The van der Waals surface area contributed by atoms with Crippen LogP contribution in [0, 0.1) is 5.82 Å². The molecule has 2 aromatic rings. The number of halogens is 1. The van der Waals surface area contributed by atoms with E-state index in [4.69, 9.17) is 9.15 Å². The highest BCUT2D eigenvalue weighted by molar-refractivity contribution is 6.02. The van der Waals surface area contributed by atoms with Gasteiger partial charge in [-0.05, 0) is 24.3 Å². The normalized spacial score (nSPS) is 10.0. The van der Waals surface area contributed by atoms with E-state index in [2.05, 4.69) is 5.32 Å². The lowest BCUT2D eigenvalue weighted by Gasteiger charge is -2.06. The number of rotatable bonds is 3. The molecule has 0 unspecified atom stereocenters. The zero-order valence-corrected chi connectivity index (χ0v) is 9.07. The van der Waals surface area contributed by atoms with Crippen molar-refractivity contribution in [3.05, 3.63) is 48.2 Å². The van der Waals surface area contributed by atoms with Crippen molar-refractivity contribution >= 4 is 11.6 Å². The molecule has 88 valence electrons. The van der Waals surface area contributed by atoms with E-state index in [-0.39, 0.29) is 11.4 Å². The molecular weight excluding hydrogens is 225 g/mol. The van der Waals surface area contributed by atoms with Crippen LogP contribution in [-0.4, -0.2) is 13.0 Å². The molecule has 1 N–H and O–H groups in total. The lowest BCUT2D eigenvalue weighted by molar-refractivity contribution is 0.0996. The molecule has 0 bridgehead atoms. The molecule has 0 aliphatic heterocycles. The lowest BCUT2D eigenvalue weighted by atomic mass is 10.2. The zero-order valence-electron chi connectivity index (χ0n) is 9.07. The number of nitrogens with one attached hydrogen (secondary N) is 1. The van der Waals surface area contributed by atoms with Crippen molar-refractivity contribution in [3.63, 3.8) is 0 Å². The predicted molar refractivity (Wildman–Crippen MR) is 59.6 cm³/mol. The summed E-state index contributed by atoms with van der Waals surface area (Å²) < 4.78 is 23.2. The third-order valence-corrected chi connectivity index (χ3v) is 2.17. The summed E-state index contributed by atoms with van der Waals surface area (Å²) >= 11 is 0. The maximum Gasteiger partial charge on any atom is 0.291 e. The van der Waals surface area contributed by atoms with Crippen molar-refractivity contribution in [2.24, 2.45) is 0 Å². The number of hydrogen-bond donors (Lipinski definition) is 1. The molecular formula is C12H10FNO3. The number of ether oxygens (including phenoxy) is 1. The lowest BCUT2D eigenvalue weighted by Crippen LogP contribution is -2.12. The molecule has 1 aromatic carbocycles. The smallest absolute Gasteiger partial charge is 0.291 e. The summed E-state index contributed by atoms with van der Waals surface area (Å²) in [7, 11) is 1.46. The molecule has 0 atom stereocenters. The Kier molecular flexibility index (Phi) is 3.09. The fourth-order valence-electron chi connectivity index (χ4n) is 1.32. The number of methoxy groups -OCH3 is 1. The molecule has 17 heavy (non-hydrogen) atoms. The van der Waals surface area contributed by atoms with E-state index >= 15 is 0 Å². The molecule has 1 heterocycles. The van der Waals surface area contributed by atoms with E-state index in [1.807, 2.05) is 0 Å². The van der Waals surface area contributed by atoms with Crippen molar-refractivity contribution in [1.82, 2.24) is 0 Å². The maximum absolute atomic E-state index is 13.4. The Labute approximate surface area is 97.0 Å². The van der Waals surface area contributed by atoms with Gasteiger partial charge in [-0.2, -0.15) is 0 Å². The third kappa shape index (κ3) is 2.44. The first-order chi connectivity index (χ1) is 8.20. The Balaban J connectivity index is 2.21. The maximum atomic E-state index is 13.4. The van der Waals surface area contributed by atoms with Gasteiger partial charge in [0, 0.05) is 6.07 Å². The van der Waals surface area contributed by atoms with Crippen LogP contribution < -0.4 is 10.1 Å².